The molecular weight excluding hydrogens is 224 g/mol. The van der Waals surface area contributed by atoms with Gasteiger partial charge in [0.15, 0.2) is 0 Å². The van der Waals surface area contributed by atoms with Gasteiger partial charge in [-0.05, 0) is 31.6 Å². The second kappa shape index (κ2) is 5.97. The molecule has 0 atom stereocenters. The van der Waals surface area contributed by atoms with Crippen molar-refractivity contribution in [3.8, 4) is 11.8 Å². The fourth-order valence-corrected chi connectivity index (χ4v) is 2.00. The number of allylic oxidation sites excluding steroid dienone is 2. The van der Waals surface area contributed by atoms with Gasteiger partial charge < -0.3 is 0 Å². The van der Waals surface area contributed by atoms with Crippen LogP contribution >= 0.6 is 0 Å². The van der Waals surface area contributed by atoms with Crippen LogP contribution in [-0.4, -0.2) is 12.1 Å². The maximum absolute atomic E-state index is 11.8. The van der Waals surface area contributed by atoms with E-state index in [1.54, 1.807) is 12.1 Å². The average molecular weight is 238 g/mol. The molecule has 0 fully saturated rings. The molecular formula is C16H14O2. The minimum absolute atomic E-state index is 0.195. The first-order valence-corrected chi connectivity index (χ1v) is 6.10. The Morgan fingerprint density at radius 3 is 2.56 bits per heavy atom. The summed E-state index contributed by atoms with van der Waals surface area (Å²) in [6.07, 6.45) is 4.54. The number of rotatable bonds is 2. The second-order valence-corrected chi connectivity index (χ2v) is 4.27. The van der Waals surface area contributed by atoms with Crippen LogP contribution in [0, 0.1) is 11.8 Å². The van der Waals surface area contributed by atoms with Gasteiger partial charge in [0.25, 0.3) is 0 Å². The van der Waals surface area contributed by atoms with Crippen LogP contribution < -0.4 is 0 Å². The fourth-order valence-electron chi connectivity index (χ4n) is 2.00. The van der Waals surface area contributed by atoms with Gasteiger partial charge in [0.05, 0.1) is 0 Å². The van der Waals surface area contributed by atoms with E-state index in [2.05, 4.69) is 11.8 Å². The van der Waals surface area contributed by atoms with E-state index in [9.17, 15) is 9.59 Å². The largest absolute Gasteiger partial charge is 0.298 e. The number of hydrogen-bond donors (Lipinski definition) is 0. The Morgan fingerprint density at radius 2 is 1.83 bits per heavy atom. The third-order valence-electron chi connectivity index (χ3n) is 3.02. The molecule has 2 heteroatoms. The summed E-state index contributed by atoms with van der Waals surface area (Å²) in [5, 5.41) is 0. The molecule has 2 nitrogen and oxygen atoms in total. The van der Waals surface area contributed by atoms with Crippen molar-refractivity contribution in [3.63, 3.8) is 0 Å². The highest BCUT2D eigenvalue weighted by atomic mass is 16.1. The number of aldehydes is 1. The van der Waals surface area contributed by atoms with E-state index in [0.717, 1.165) is 43.1 Å². The maximum Gasteiger partial charge on any atom is 0.236 e. The minimum Gasteiger partial charge on any atom is -0.298 e. The van der Waals surface area contributed by atoms with E-state index in [0.29, 0.717) is 5.56 Å². The molecule has 90 valence electrons. The lowest BCUT2D eigenvalue weighted by molar-refractivity contribution is -0.105. The molecule has 1 aliphatic rings. The molecule has 0 aliphatic heterocycles. The first kappa shape index (κ1) is 12.3. The summed E-state index contributed by atoms with van der Waals surface area (Å²) in [5.74, 6) is 5.30. The summed E-state index contributed by atoms with van der Waals surface area (Å²) in [4.78, 5) is 22.7. The van der Waals surface area contributed by atoms with Crippen molar-refractivity contribution < 1.29 is 9.59 Å². The van der Waals surface area contributed by atoms with Crippen molar-refractivity contribution in [2.75, 3.05) is 0 Å². The maximum atomic E-state index is 11.8. The molecule has 0 aromatic heterocycles. The highest BCUT2D eigenvalue weighted by Gasteiger charge is 2.10. The molecule has 1 aromatic carbocycles. The Balaban J connectivity index is 2.19. The highest BCUT2D eigenvalue weighted by Crippen LogP contribution is 2.22. The molecule has 2 rings (SSSR count). The minimum atomic E-state index is -0.195. The number of ketones is 1. The van der Waals surface area contributed by atoms with Crippen molar-refractivity contribution in [2.45, 2.75) is 25.7 Å². The molecule has 0 bridgehead atoms. The van der Waals surface area contributed by atoms with Gasteiger partial charge in [0.1, 0.15) is 6.29 Å². The number of hydrogen-bond acceptors (Lipinski definition) is 2. The van der Waals surface area contributed by atoms with Gasteiger partial charge in [-0.3, -0.25) is 9.59 Å². The van der Waals surface area contributed by atoms with Crippen molar-refractivity contribution in [1.29, 1.82) is 0 Å². The van der Waals surface area contributed by atoms with E-state index >= 15 is 0 Å². The molecule has 1 aliphatic carbocycles. The van der Waals surface area contributed by atoms with E-state index in [1.807, 2.05) is 18.2 Å². The summed E-state index contributed by atoms with van der Waals surface area (Å²) in [7, 11) is 0. The number of carbonyl (C=O) groups excluding carboxylic acids is 2. The lowest BCUT2D eigenvalue weighted by Crippen LogP contribution is -2.00. The molecule has 18 heavy (non-hydrogen) atoms. The highest BCUT2D eigenvalue weighted by molar-refractivity contribution is 6.09. The van der Waals surface area contributed by atoms with E-state index in [1.165, 1.54) is 0 Å². The summed E-state index contributed by atoms with van der Waals surface area (Å²) >= 11 is 0. The van der Waals surface area contributed by atoms with Crippen LogP contribution in [-0.2, 0) is 4.79 Å². The summed E-state index contributed by atoms with van der Waals surface area (Å²) in [6, 6.07) is 8.97. The normalized spacial score (nSPS) is 14.7. The molecule has 0 N–H and O–H groups in total. The number of carbonyl (C=O) groups is 2. The first-order chi connectivity index (χ1) is 8.81. The summed E-state index contributed by atoms with van der Waals surface area (Å²) in [6.45, 7) is 0. The van der Waals surface area contributed by atoms with Crippen molar-refractivity contribution in [3.05, 3.63) is 47.0 Å². The Hall–Kier alpha value is -2.14. The zero-order valence-corrected chi connectivity index (χ0v) is 10.1. The Bertz CT molecular complexity index is 541. The molecule has 0 amide bonds. The van der Waals surface area contributed by atoms with E-state index in [-0.39, 0.29) is 5.78 Å². The molecule has 0 spiro atoms. The van der Waals surface area contributed by atoms with Gasteiger partial charge in [0.2, 0.25) is 5.78 Å². The topological polar surface area (TPSA) is 34.1 Å². The lowest BCUT2D eigenvalue weighted by Gasteiger charge is -2.11. The van der Waals surface area contributed by atoms with E-state index < -0.39 is 0 Å². The SMILES string of the molecule is O=CC1=C(C#CC(=O)c2ccccc2)CCCC1. The van der Waals surface area contributed by atoms with Crippen LogP contribution in [0.25, 0.3) is 0 Å². The lowest BCUT2D eigenvalue weighted by atomic mass is 9.92. The van der Waals surface area contributed by atoms with Crippen LogP contribution in [0.15, 0.2) is 41.5 Å². The monoisotopic (exact) mass is 238 g/mol. The summed E-state index contributed by atoms with van der Waals surface area (Å²) in [5.41, 5.74) is 2.18. The van der Waals surface area contributed by atoms with Crippen molar-refractivity contribution in [1.82, 2.24) is 0 Å². The molecule has 0 saturated carbocycles. The average Bonchev–Trinajstić information content (AvgIpc) is 2.46. The smallest absolute Gasteiger partial charge is 0.236 e. The first-order valence-electron chi connectivity index (χ1n) is 6.10. The van der Waals surface area contributed by atoms with E-state index in [4.69, 9.17) is 0 Å². The van der Waals surface area contributed by atoms with Gasteiger partial charge in [-0.15, -0.1) is 0 Å². The quantitative estimate of drug-likeness (QED) is 0.343. The molecule has 0 saturated heterocycles. The van der Waals surface area contributed by atoms with Crippen molar-refractivity contribution in [2.24, 2.45) is 0 Å². The third-order valence-corrected chi connectivity index (χ3v) is 3.02. The van der Waals surface area contributed by atoms with Gasteiger partial charge in [-0.25, -0.2) is 0 Å². The van der Waals surface area contributed by atoms with Crippen LogP contribution in [0.2, 0.25) is 0 Å². The van der Waals surface area contributed by atoms with Crippen LogP contribution in [0.3, 0.4) is 0 Å². The Kier molecular flexibility index (Phi) is 4.09. The second-order valence-electron chi connectivity index (χ2n) is 4.27. The standard InChI is InChI=1S/C16H14O2/c17-12-15-9-5-4-6-13(15)10-11-16(18)14-7-2-1-3-8-14/h1-3,7-8,12H,4-6,9H2. The van der Waals surface area contributed by atoms with Gasteiger partial charge in [0, 0.05) is 16.7 Å². The third kappa shape index (κ3) is 2.95. The fraction of sp³-hybridized carbons (Fsp3) is 0.250. The number of Topliss-reactive ketones (excluding diaryl/α,β-unsaturated/α-hetero) is 1. The Labute approximate surface area is 107 Å². The molecule has 0 radical (unpaired) electrons. The van der Waals surface area contributed by atoms with Crippen LogP contribution in [0.1, 0.15) is 36.0 Å². The van der Waals surface area contributed by atoms with Gasteiger partial charge in [-0.1, -0.05) is 36.3 Å². The zero-order valence-electron chi connectivity index (χ0n) is 10.1. The van der Waals surface area contributed by atoms with Crippen molar-refractivity contribution >= 4 is 12.1 Å². The predicted molar refractivity (Wildman–Crippen MR) is 70.1 cm³/mol. The molecule has 0 unspecified atom stereocenters. The van der Waals surface area contributed by atoms with Crippen LogP contribution in [0.4, 0.5) is 0 Å². The molecule has 1 aromatic rings. The van der Waals surface area contributed by atoms with Crippen LogP contribution in [0.5, 0.6) is 0 Å². The van der Waals surface area contributed by atoms with Gasteiger partial charge >= 0.3 is 0 Å². The zero-order chi connectivity index (χ0) is 12.8. The number of benzene rings is 1. The predicted octanol–water partition coefficient (Wildman–Crippen LogP) is 2.94. The van der Waals surface area contributed by atoms with Gasteiger partial charge in [-0.2, -0.15) is 0 Å². The molecule has 0 heterocycles. The Morgan fingerprint density at radius 1 is 1.11 bits per heavy atom. The summed E-state index contributed by atoms with van der Waals surface area (Å²) < 4.78 is 0.